The Hall–Kier alpha value is -4.88. The number of carbonyl (C=O) groups is 2. The fourth-order valence-corrected chi connectivity index (χ4v) is 15.4. The quantitative estimate of drug-likeness (QED) is 0.136. The highest BCUT2D eigenvalue weighted by molar-refractivity contribution is 7.96. The zero-order valence-corrected chi connectivity index (χ0v) is 31.9. The Morgan fingerprint density at radius 3 is 0.673 bits per heavy atom. The third-order valence-electron chi connectivity index (χ3n) is 8.83. The lowest BCUT2D eigenvalue weighted by Gasteiger charge is -2.27. The SMILES string of the molecule is CCC[P+](c1ccccc1)(c1ccccc1)c1ccccc1.CCC[P+](c1ccccc1)(c1ccccc1)c1ccccc1.O=C([O-])CCC(=O)[O-]. The molecule has 6 heteroatoms. The van der Waals surface area contributed by atoms with Crippen molar-refractivity contribution >= 4 is 58.3 Å². The Kier molecular flexibility index (Phi) is 16.0. The highest BCUT2D eigenvalue weighted by Crippen LogP contribution is 2.56. The second kappa shape index (κ2) is 20.8. The number of benzene rings is 6. The van der Waals surface area contributed by atoms with Gasteiger partial charge in [0, 0.05) is 11.9 Å². The van der Waals surface area contributed by atoms with E-state index in [1.807, 2.05) is 0 Å². The van der Waals surface area contributed by atoms with Gasteiger partial charge in [0.1, 0.15) is 46.4 Å². The molecule has 0 saturated carbocycles. The molecule has 0 amide bonds. The predicted molar refractivity (Wildman–Crippen MR) is 220 cm³/mol. The minimum absolute atomic E-state index is 0.470. The molecular formula is C46H48O4P2. The number of aliphatic carboxylic acids is 2. The average Bonchev–Trinajstić information content (AvgIpc) is 3.21. The molecule has 0 bridgehead atoms. The van der Waals surface area contributed by atoms with Crippen molar-refractivity contribution < 1.29 is 19.8 Å². The summed E-state index contributed by atoms with van der Waals surface area (Å²) in [7, 11) is -3.11. The van der Waals surface area contributed by atoms with Gasteiger partial charge in [0.05, 0.1) is 12.3 Å². The van der Waals surface area contributed by atoms with Crippen LogP contribution in [0.15, 0.2) is 182 Å². The molecule has 0 unspecified atom stereocenters. The smallest absolute Gasteiger partial charge is 0.112 e. The Morgan fingerprint density at radius 1 is 0.365 bits per heavy atom. The van der Waals surface area contributed by atoms with E-state index in [2.05, 4.69) is 196 Å². The van der Waals surface area contributed by atoms with Gasteiger partial charge in [-0.15, -0.1) is 0 Å². The van der Waals surface area contributed by atoms with Crippen molar-refractivity contribution in [1.82, 2.24) is 0 Å². The molecule has 0 aliphatic heterocycles. The highest BCUT2D eigenvalue weighted by atomic mass is 31.2. The van der Waals surface area contributed by atoms with E-state index >= 15 is 0 Å². The van der Waals surface area contributed by atoms with Crippen LogP contribution in [0.2, 0.25) is 0 Å². The van der Waals surface area contributed by atoms with Gasteiger partial charge < -0.3 is 19.8 Å². The normalized spacial score (nSPS) is 10.9. The molecular weight excluding hydrogens is 678 g/mol. The maximum absolute atomic E-state index is 9.50. The molecule has 0 heterocycles. The first-order valence-electron chi connectivity index (χ1n) is 17.9. The summed E-state index contributed by atoms with van der Waals surface area (Å²) in [6.07, 6.45) is 3.86. The van der Waals surface area contributed by atoms with Crippen LogP contribution < -0.4 is 42.0 Å². The number of carboxylic acids is 2. The Labute approximate surface area is 310 Å². The number of carboxylic acid groups (broad SMARTS) is 2. The molecule has 0 fully saturated rings. The summed E-state index contributed by atoms with van der Waals surface area (Å²) >= 11 is 0. The van der Waals surface area contributed by atoms with Crippen molar-refractivity contribution in [3.8, 4) is 0 Å². The van der Waals surface area contributed by atoms with Crippen LogP contribution in [0.4, 0.5) is 0 Å². The van der Waals surface area contributed by atoms with Crippen molar-refractivity contribution in [3.63, 3.8) is 0 Å². The van der Waals surface area contributed by atoms with E-state index in [4.69, 9.17) is 0 Å². The predicted octanol–water partition coefficient (Wildman–Crippen LogP) is 6.05. The average molecular weight is 727 g/mol. The number of carbonyl (C=O) groups excluding carboxylic acids is 2. The maximum atomic E-state index is 9.50. The molecule has 0 spiro atoms. The lowest BCUT2D eigenvalue weighted by molar-refractivity contribution is -0.315. The Bertz CT molecular complexity index is 1550. The van der Waals surface area contributed by atoms with Gasteiger partial charge in [-0.1, -0.05) is 123 Å². The second-order valence-corrected chi connectivity index (χ2v) is 19.6. The van der Waals surface area contributed by atoms with E-state index in [1.54, 1.807) is 0 Å². The van der Waals surface area contributed by atoms with Crippen LogP contribution in [-0.2, 0) is 9.59 Å². The molecule has 0 aromatic heterocycles. The van der Waals surface area contributed by atoms with Crippen LogP contribution in [0, 0.1) is 0 Å². The van der Waals surface area contributed by atoms with Gasteiger partial charge in [-0.25, -0.2) is 0 Å². The van der Waals surface area contributed by atoms with E-state index in [-0.39, 0.29) is 0 Å². The van der Waals surface area contributed by atoms with Gasteiger partial charge >= 0.3 is 0 Å². The maximum Gasteiger partial charge on any atom is 0.112 e. The summed E-state index contributed by atoms with van der Waals surface area (Å²) < 4.78 is 0. The highest BCUT2D eigenvalue weighted by Gasteiger charge is 2.45. The van der Waals surface area contributed by atoms with Crippen LogP contribution >= 0.6 is 14.5 Å². The molecule has 6 aromatic rings. The van der Waals surface area contributed by atoms with Gasteiger partial charge in [-0.05, 0) is 98.5 Å². The van der Waals surface area contributed by atoms with Gasteiger partial charge in [0.25, 0.3) is 0 Å². The van der Waals surface area contributed by atoms with Crippen LogP contribution in [-0.4, -0.2) is 24.3 Å². The van der Waals surface area contributed by atoms with Gasteiger partial charge in [-0.2, -0.15) is 0 Å². The Morgan fingerprint density at radius 2 is 0.538 bits per heavy atom. The summed E-state index contributed by atoms with van der Waals surface area (Å²) in [4.78, 5) is 19.0. The summed E-state index contributed by atoms with van der Waals surface area (Å²) in [6.45, 7) is 4.59. The molecule has 6 aromatic carbocycles. The first-order valence-corrected chi connectivity index (χ1v) is 21.8. The molecule has 0 N–H and O–H groups in total. The zero-order chi connectivity index (χ0) is 37.1. The second-order valence-electron chi connectivity index (χ2n) is 12.3. The molecule has 4 nitrogen and oxygen atoms in total. The number of hydrogen-bond donors (Lipinski definition) is 0. The van der Waals surface area contributed by atoms with Crippen LogP contribution in [0.5, 0.6) is 0 Å². The van der Waals surface area contributed by atoms with E-state index in [1.165, 1.54) is 57.0 Å². The van der Waals surface area contributed by atoms with Crippen molar-refractivity contribution in [1.29, 1.82) is 0 Å². The lowest BCUT2D eigenvalue weighted by atomic mass is 10.3. The standard InChI is InChI=1S/2C21H22P.C4H6O4/c2*1-2-18-22(19-12-6-3-7-13-19,20-14-8-4-9-15-20)21-16-10-5-11-17-21;5-3(6)1-2-4(7)8/h2*3-17H,2,18H2,1H3;1-2H2,(H,5,6)(H,7,8)/q2*+1;/p-2. The molecule has 266 valence electrons. The van der Waals surface area contributed by atoms with E-state index < -0.39 is 39.3 Å². The summed E-state index contributed by atoms with van der Waals surface area (Å²) in [5.41, 5.74) is 0. The summed E-state index contributed by atoms with van der Waals surface area (Å²) in [5, 5.41) is 27.9. The van der Waals surface area contributed by atoms with Gasteiger partial charge in [0.15, 0.2) is 0 Å². The van der Waals surface area contributed by atoms with E-state index in [0.717, 1.165) is 0 Å². The van der Waals surface area contributed by atoms with Crippen LogP contribution in [0.3, 0.4) is 0 Å². The molecule has 0 atom stereocenters. The number of rotatable bonds is 13. The summed E-state index contributed by atoms with van der Waals surface area (Å²) in [6, 6.07) is 66.4. The molecule has 0 radical (unpaired) electrons. The molecule has 0 saturated heterocycles. The zero-order valence-electron chi connectivity index (χ0n) is 30.1. The topological polar surface area (TPSA) is 80.3 Å². The minimum atomic E-state index is -1.55. The fourth-order valence-electron chi connectivity index (χ4n) is 6.64. The lowest BCUT2D eigenvalue weighted by Crippen LogP contribution is -2.33. The number of hydrogen-bond acceptors (Lipinski definition) is 4. The summed E-state index contributed by atoms with van der Waals surface area (Å²) in [5.74, 6) is -2.73. The van der Waals surface area contributed by atoms with Crippen LogP contribution in [0.1, 0.15) is 39.5 Å². The molecule has 0 aliphatic rings. The van der Waals surface area contributed by atoms with Crippen LogP contribution in [0.25, 0.3) is 0 Å². The first kappa shape index (κ1) is 39.9. The third kappa shape index (κ3) is 10.3. The molecule has 52 heavy (non-hydrogen) atoms. The Balaban J connectivity index is 0.000000193. The largest absolute Gasteiger partial charge is 0.550 e. The van der Waals surface area contributed by atoms with Crippen molar-refractivity contribution in [2.75, 3.05) is 12.3 Å². The first-order chi connectivity index (χ1) is 25.4. The van der Waals surface area contributed by atoms with Crippen molar-refractivity contribution in [2.24, 2.45) is 0 Å². The fraction of sp³-hybridized carbons (Fsp3) is 0.174. The van der Waals surface area contributed by atoms with Crippen molar-refractivity contribution in [2.45, 2.75) is 39.5 Å². The monoisotopic (exact) mass is 726 g/mol. The molecule has 0 aliphatic carbocycles. The van der Waals surface area contributed by atoms with Gasteiger partial charge in [-0.3, -0.25) is 0 Å². The molecule has 6 rings (SSSR count). The van der Waals surface area contributed by atoms with E-state index in [0.29, 0.717) is 0 Å². The van der Waals surface area contributed by atoms with E-state index in [9.17, 15) is 19.8 Å². The van der Waals surface area contributed by atoms with Gasteiger partial charge in [0.2, 0.25) is 0 Å². The third-order valence-corrected chi connectivity index (χ3v) is 18.1. The van der Waals surface area contributed by atoms with Crippen molar-refractivity contribution in [3.05, 3.63) is 182 Å². The minimum Gasteiger partial charge on any atom is -0.550 e.